The summed E-state index contributed by atoms with van der Waals surface area (Å²) in [5.41, 5.74) is 5.57. The zero-order chi connectivity index (χ0) is 8.97. The van der Waals surface area contributed by atoms with E-state index in [1.165, 1.54) is 25.8 Å². The van der Waals surface area contributed by atoms with E-state index >= 15 is 0 Å². The van der Waals surface area contributed by atoms with Gasteiger partial charge in [-0.25, -0.2) is 0 Å². The van der Waals surface area contributed by atoms with Crippen molar-refractivity contribution in [2.24, 2.45) is 11.7 Å². The maximum absolute atomic E-state index is 5.57. The van der Waals surface area contributed by atoms with E-state index in [0.29, 0.717) is 0 Å². The van der Waals surface area contributed by atoms with Crippen molar-refractivity contribution in [2.75, 3.05) is 19.6 Å². The number of nitrogens with zero attached hydrogens (tertiary/aromatic N) is 1. The number of likely N-dealkylation sites (tertiary alicyclic amines) is 1. The predicted octanol–water partition coefficient (Wildman–Crippen LogP) is 1.46. The van der Waals surface area contributed by atoms with Crippen molar-refractivity contribution < 1.29 is 0 Å². The summed E-state index contributed by atoms with van der Waals surface area (Å²) < 4.78 is 0. The van der Waals surface area contributed by atoms with Crippen molar-refractivity contribution in [3.63, 3.8) is 0 Å². The molecule has 0 radical (unpaired) electrons. The van der Waals surface area contributed by atoms with Gasteiger partial charge in [0.05, 0.1) is 0 Å². The maximum atomic E-state index is 5.57. The molecule has 2 atom stereocenters. The zero-order valence-electron chi connectivity index (χ0n) is 8.42. The molecule has 2 unspecified atom stereocenters. The Balaban J connectivity index is 2.36. The highest BCUT2D eigenvalue weighted by atomic mass is 15.2. The molecule has 1 saturated heterocycles. The highest BCUT2D eigenvalue weighted by molar-refractivity contribution is 4.78. The largest absolute Gasteiger partial charge is 0.329 e. The second-order valence-electron chi connectivity index (χ2n) is 3.98. The van der Waals surface area contributed by atoms with E-state index in [0.717, 1.165) is 25.0 Å². The van der Waals surface area contributed by atoms with Gasteiger partial charge in [-0.05, 0) is 25.7 Å². The monoisotopic (exact) mass is 170 g/mol. The molecule has 1 rings (SSSR count). The SMILES string of the molecule is CCC1CCC(C)N(CCN)C1. The van der Waals surface area contributed by atoms with Crippen LogP contribution in [0, 0.1) is 5.92 Å². The smallest absolute Gasteiger partial charge is 0.0108 e. The van der Waals surface area contributed by atoms with Gasteiger partial charge in [0, 0.05) is 25.7 Å². The normalized spacial score (nSPS) is 32.2. The molecule has 0 bridgehead atoms. The molecule has 1 fully saturated rings. The molecule has 1 aliphatic rings. The summed E-state index contributed by atoms with van der Waals surface area (Å²) in [5.74, 6) is 0.924. The second kappa shape index (κ2) is 4.83. The molecule has 0 aliphatic carbocycles. The van der Waals surface area contributed by atoms with Gasteiger partial charge in [0.15, 0.2) is 0 Å². The predicted molar refractivity (Wildman–Crippen MR) is 53.1 cm³/mol. The fourth-order valence-electron chi connectivity index (χ4n) is 2.07. The zero-order valence-corrected chi connectivity index (χ0v) is 8.42. The molecule has 2 nitrogen and oxygen atoms in total. The van der Waals surface area contributed by atoms with Gasteiger partial charge in [0.25, 0.3) is 0 Å². The molecule has 1 aliphatic heterocycles. The van der Waals surface area contributed by atoms with Gasteiger partial charge in [-0.15, -0.1) is 0 Å². The molecule has 0 saturated carbocycles. The molecular weight excluding hydrogens is 148 g/mol. The summed E-state index contributed by atoms with van der Waals surface area (Å²) in [4.78, 5) is 2.54. The topological polar surface area (TPSA) is 29.3 Å². The van der Waals surface area contributed by atoms with Crippen LogP contribution < -0.4 is 5.73 Å². The third-order valence-electron chi connectivity index (χ3n) is 3.10. The third kappa shape index (κ3) is 2.46. The highest BCUT2D eigenvalue weighted by Gasteiger charge is 2.23. The number of rotatable bonds is 3. The van der Waals surface area contributed by atoms with Crippen LogP contribution in [0.25, 0.3) is 0 Å². The number of hydrogen-bond donors (Lipinski definition) is 1. The minimum absolute atomic E-state index is 0.761. The Kier molecular flexibility index (Phi) is 4.02. The average molecular weight is 170 g/mol. The van der Waals surface area contributed by atoms with Gasteiger partial charge in [0.2, 0.25) is 0 Å². The molecular formula is C10H22N2. The first-order valence-electron chi connectivity index (χ1n) is 5.22. The van der Waals surface area contributed by atoms with Crippen LogP contribution in [-0.2, 0) is 0 Å². The van der Waals surface area contributed by atoms with Gasteiger partial charge in [0.1, 0.15) is 0 Å². The van der Waals surface area contributed by atoms with E-state index in [9.17, 15) is 0 Å². The average Bonchev–Trinajstić information content (AvgIpc) is 2.09. The number of nitrogens with two attached hydrogens (primary N) is 1. The Morgan fingerprint density at radius 3 is 2.75 bits per heavy atom. The van der Waals surface area contributed by atoms with Crippen LogP contribution in [0.1, 0.15) is 33.1 Å². The summed E-state index contributed by atoms with van der Waals surface area (Å²) in [7, 11) is 0. The standard InChI is InChI=1S/C10H22N2/c1-3-10-5-4-9(2)12(8-10)7-6-11/h9-10H,3-8,11H2,1-2H3. The Labute approximate surface area is 76.1 Å². The molecule has 12 heavy (non-hydrogen) atoms. The maximum Gasteiger partial charge on any atom is 0.0108 e. The van der Waals surface area contributed by atoms with E-state index in [2.05, 4.69) is 18.7 Å². The third-order valence-corrected chi connectivity index (χ3v) is 3.10. The Morgan fingerprint density at radius 1 is 1.42 bits per heavy atom. The molecule has 0 aromatic rings. The minimum Gasteiger partial charge on any atom is -0.329 e. The van der Waals surface area contributed by atoms with E-state index in [1.807, 2.05) is 0 Å². The van der Waals surface area contributed by atoms with Crippen molar-refractivity contribution in [3.8, 4) is 0 Å². The van der Waals surface area contributed by atoms with Crippen LogP contribution >= 0.6 is 0 Å². The molecule has 0 spiro atoms. The summed E-state index contributed by atoms with van der Waals surface area (Å²) in [6.07, 6.45) is 4.10. The van der Waals surface area contributed by atoms with Crippen LogP contribution in [0.3, 0.4) is 0 Å². The number of hydrogen-bond acceptors (Lipinski definition) is 2. The van der Waals surface area contributed by atoms with Gasteiger partial charge < -0.3 is 5.73 Å². The van der Waals surface area contributed by atoms with Crippen molar-refractivity contribution in [1.82, 2.24) is 4.90 Å². The molecule has 0 aromatic carbocycles. The van der Waals surface area contributed by atoms with Crippen LogP contribution in [0.15, 0.2) is 0 Å². The lowest BCUT2D eigenvalue weighted by Crippen LogP contribution is -2.43. The van der Waals surface area contributed by atoms with Crippen LogP contribution in [0.5, 0.6) is 0 Å². The summed E-state index contributed by atoms with van der Waals surface area (Å²) in [5, 5.41) is 0. The lowest BCUT2D eigenvalue weighted by atomic mass is 9.91. The second-order valence-corrected chi connectivity index (χ2v) is 3.98. The Morgan fingerprint density at radius 2 is 2.17 bits per heavy atom. The molecule has 1 heterocycles. The first-order chi connectivity index (χ1) is 5.77. The molecule has 72 valence electrons. The Hall–Kier alpha value is -0.0800. The summed E-state index contributed by atoms with van der Waals surface area (Å²) in [6, 6.07) is 0.761. The van der Waals surface area contributed by atoms with E-state index in [1.54, 1.807) is 0 Å². The van der Waals surface area contributed by atoms with Crippen molar-refractivity contribution >= 4 is 0 Å². The fourth-order valence-corrected chi connectivity index (χ4v) is 2.07. The van der Waals surface area contributed by atoms with Crippen LogP contribution in [-0.4, -0.2) is 30.6 Å². The lowest BCUT2D eigenvalue weighted by Gasteiger charge is -2.37. The van der Waals surface area contributed by atoms with Gasteiger partial charge in [-0.2, -0.15) is 0 Å². The summed E-state index contributed by atoms with van der Waals surface area (Å²) in [6.45, 7) is 7.77. The van der Waals surface area contributed by atoms with Crippen molar-refractivity contribution in [3.05, 3.63) is 0 Å². The van der Waals surface area contributed by atoms with Gasteiger partial charge in [-0.3, -0.25) is 4.90 Å². The quantitative estimate of drug-likeness (QED) is 0.694. The van der Waals surface area contributed by atoms with Crippen molar-refractivity contribution in [2.45, 2.75) is 39.2 Å². The fraction of sp³-hybridized carbons (Fsp3) is 1.00. The lowest BCUT2D eigenvalue weighted by molar-refractivity contribution is 0.119. The van der Waals surface area contributed by atoms with E-state index in [-0.39, 0.29) is 0 Å². The van der Waals surface area contributed by atoms with Crippen LogP contribution in [0.2, 0.25) is 0 Å². The van der Waals surface area contributed by atoms with E-state index < -0.39 is 0 Å². The van der Waals surface area contributed by atoms with Gasteiger partial charge >= 0.3 is 0 Å². The van der Waals surface area contributed by atoms with Crippen molar-refractivity contribution in [1.29, 1.82) is 0 Å². The summed E-state index contributed by atoms with van der Waals surface area (Å²) >= 11 is 0. The van der Waals surface area contributed by atoms with Crippen LogP contribution in [0.4, 0.5) is 0 Å². The molecule has 0 amide bonds. The molecule has 2 heteroatoms. The highest BCUT2D eigenvalue weighted by Crippen LogP contribution is 2.23. The first-order valence-corrected chi connectivity index (χ1v) is 5.22. The Bertz CT molecular complexity index is 125. The van der Waals surface area contributed by atoms with Gasteiger partial charge in [-0.1, -0.05) is 13.3 Å². The minimum atomic E-state index is 0.761. The molecule has 0 aromatic heterocycles. The molecule has 2 N–H and O–H groups in total. The number of piperidine rings is 1. The van der Waals surface area contributed by atoms with E-state index in [4.69, 9.17) is 5.73 Å². The first kappa shape index (κ1) is 10.0.